The number of benzene rings is 2. The third-order valence-corrected chi connectivity index (χ3v) is 9.90. The molecule has 3 saturated heterocycles. The Labute approximate surface area is 254 Å². The van der Waals surface area contributed by atoms with Crippen molar-refractivity contribution >= 4 is 40.7 Å². The lowest BCUT2D eigenvalue weighted by Gasteiger charge is -2.37. The van der Waals surface area contributed by atoms with Crippen LogP contribution in [0.15, 0.2) is 36.4 Å². The molecule has 3 heterocycles. The maximum Gasteiger partial charge on any atom is 0.240 e. The van der Waals surface area contributed by atoms with E-state index in [0.717, 1.165) is 69.6 Å². The molecule has 0 aliphatic carbocycles. The van der Waals surface area contributed by atoms with E-state index in [-0.39, 0.29) is 11.9 Å². The predicted octanol–water partition coefficient (Wildman–Crippen LogP) is 7.31. The van der Waals surface area contributed by atoms with Gasteiger partial charge in [0.05, 0.1) is 6.04 Å². The first-order valence-electron chi connectivity index (χ1n) is 15.1. The van der Waals surface area contributed by atoms with Crippen molar-refractivity contribution in [1.29, 1.82) is 0 Å². The van der Waals surface area contributed by atoms with E-state index in [1.54, 1.807) is 6.07 Å². The van der Waals surface area contributed by atoms with Crippen LogP contribution in [0.3, 0.4) is 0 Å². The van der Waals surface area contributed by atoms with E-state index in [0.29, 0.717) is 40.1 Å². The van der Waals surface area contributed by atoms with Gasteiger partial charge in [-0.1, -0.05) is 53.9 Å². The van der Waals surface area contributed by atoms with Crippen molar-refractivity contribution in [1.82, 2.24) is 14.7 Å². The van der Waals surface area contributed by atoms with E-state index < -0.39 is 0 Å². The van der Waals surface area contributed by atoms with Crippen LogP contribution >= 0.6 is 34.8 Å². The summed E-state index contributed by atoms with van der Waals surface area (Å²) in [7, 11) is 0. The second kappa shape index (κ2) is 14.1. The number of hydrogen-bond acceptors (Lipinski definition) is 4. The summed E-state index contributed by atoms with van der Waals surface area (Å²) in [5, 5.41) is 1.95. The molecule has 0 saturated carbocycles. The molecule has 5 nitrogen and oxygen atoms in total. The Balaban J connectivity index is 1.24. The molecule has 3 aliphatic heterocycles. The van der Waals surface area contributed by atoms with Crippen LogP contribution < -0.4 is 4.74 Å². The Morgan fingerprint density at radius 3 is 2.15 bits per heavy atom. The first kappa shape index (κ1) is 30.0. The van der Waals surface area contributed by atoms with Gasteiger partial charge in [-0.15, -0.1) is 0 Å². The number of amides is 1. The first-order valence-corrected chi connectivity index (χ1v) is 16.2. The number of rotatable bonds is 10. The molecule has 40 heavy (non-hydrogen) atoms. The largest absolute Gasteiger partial charge is 0.492 e. The molecule has 2 atom stereocenters. The fourth-order valence-corrected chi connectivity index (χ4v) is 7.34. The van der Waals surface area contributed by atoms with E-state index in [2.05, 4.69) is 27.7 Å². The highest BCUT2D eigenvalue weighted by atomic mass is 35.5. The summed E-state index contributed by atoms with van der Waals surface area (Å²) in [4.78, 5) is 20.9. The smallest absolute Gasteiger partial charge is 0.240 e. The zero-order chi connectivity index (χ0) is 28.1. The van der Waals surface area contributed by atoms with E-state index in [9.17, 15) is 4.79 Å². The van der Waals surface area contributed by atoms with E-state index in [4.69, 9.17) is 39.5 Å². The highest BCUT2D eigenvalue weighted by molar-refractivity contribution is 6.35. The molecule has 2 aromatic carbocycles. The van der Waals surface area contributed by atoms with Crippen molar-refractivity contribution in [3.63, 3.8) is 0 Å². The molecule has 218 valence electrons. The van der Waals surface area contributed by atoms with Gasteiger partial charge < -0.3 is 9.64 Å². The average Bonchev–Trinajstić information content (AvgIpc) is 3.68. The van der Waals surface area contributed by atoms with Crippen LogP contribution in [0.1, 0.15) is 68.9 Å². The molecule has 0 N–H and O–H groups in total. The SMILES string of the molecule is CC[C@H](COc1cc(Cl)ccc1C1CCN(C(=O)[C@@H](Cc2ccc(Cl)cc2Cl)N2CCCC2)CC1)N1CCCC1. The highest BCUT2D eigenvalue weighted by Gasteiger charge is 2.34. The lowest BCUT2D eigenvalue weighted by Crippen LogP contribution is -2.51. The molecule has 0 radical (unpaired) electrons. The monoisotopic (exact) mass is 605 g/mol. The van der Waals surface area contributed by atoms with Gasteiger partial charge >= 0.3 is 0 Å². The Morgan fingerprint density at radius 2 is 1.50 bits per heavy atom. The summed E-state index contributed by atoms with van der Waals surface area (Å²) in [5.74, 6) is 1.47. The van der Waals surface area contributed by atoms with Crippen molar-refractivity contribution in [3.05, 3.63) is 62.6 Å². The maximum atomic E-state index is 13.9. The molecular formula is C32H42Cl3N3O2. The Bertz CT molecular complexity index is 1140. The van der Waals surface area contributed by atoms with Crippen LogP contribution in [0.5, 0.6) is 5.75 Å². The minimum absolute atomic E-state index is 0.191. The molecule has 8 heteroatoms. The number of carbonyl (C=O) groups excluding carboxylic acids is 1. The van der Waals surface area contributed by atoms with Gasteiger partial charge in [-0.05, 0) is 119 Å². The highest BCUT2D eigenvalue weighted by Crippen LogP contribution is 2.37. The summed E-state index contributed by atoms with van der Waals surface area (Å²) in [5.41, 5.74) is 2.20. The van der Waals surface area contributed by atoms with Crippen LogP contribution in [0.2, 0.25) is 15.1 Å². The molecule has 1 amide bonds. The molecule has 5 rings (SSSR count). The quantitative estimate of drug-likeness (QED) is 0.284. The average molecular weight is 607 g/mol. The third-order valence-electron chi connectivity index (χ3n) is 9.08. The summed E-state index contributed by atoms with van der Waals surface area (Å²) in [6, 6.07) is 11.9. The van der Waals surface area contributed by atoms with Crippen LogP contribution in [-0.2, 0) is 11.2 Å². The zero-order valence-corrected chi connectivity index (χ0v) is 25.9. The number of likely N-dealkylation sites (tertiary alicyclic amines) is 3. The fourth-order valence-electron chi connectivity index (χ4n) is 6.69. The van der Waals surface area contributed by atoms with Gasteiger partial charge in [0.1, 0.15) is 12.4 Å². The van der Waals surface area contributed by atoms with Crippen molar-refractivity contribution in [2.75, 3.05) is 45.9 Å². The van der Waals surface area contributed by atoms with Gasteiger partial charge in [-0.3, -0.25) is 14.6 Å². The summed E-state index contributed by atoms with van der Waals surface area (Å²) >= 11 is 19.1. The molecule has 0 spiro atoms. The second-order valence-electron chi connectivity index (χ2n) is 11.6. The van der Waals surface area contributed by atoms with Gasteiger partial charge in [0.25, 0.3) is 0 Å². The number of ether oxygens (including phenoxy) is 1. The summed E-state index contributed by atoms with van der Waals surface area (Å²) in [6.07, 6.45) is 8.36. The molecule has 0 bridgehead atoms. The van der Waals surface area contributed by atoms with Gasteiger partial charge in [0.15, 0.2) is 0 Å². The van der Waals surface area contributed by atoms with Crippen molar-refractivity contribution < 1.29 is 9.53 Å². The fraction of sp³-hybridized carbons (Fsp3) is 0.594. The molecule has 2 aromatic rings. The van der Waals surface area contributed by atoms with Gasteiger partial charge in [-0.2, -0.15) is 0 Å². The van der Waals surface area contributed by atoms with Crippen molar-refractivity contribution in [2.24, 2.45) is 0 Å². The topological polar surface area (TPSA) is 36.0 Å². The van der Waals surface area contributed by atoms with Crippen LogP contribution in [-0.4, -0.2) is 78.6 Å². The van der Waals surface area contributed by atoms with Crippen molar-refractivity contribution in [3.8, 4) is 5.75 Å². The van der Waals surface area contributed by atoms with Crippen LogP contribution in [0, 0.1) is 0 Å². The first-order chi connectivity index (χ1) is 19.4. The number of halogens is 3. The summed E-state index contributed by atoms with van der Waals surface area (Å²) < 4.78 is 6.47. The Hall–Kier alpha value is -1.50. The second-order valence-corrected chi connectivity index (χ2v) is 12.9. The standard InChI is InChI=1S/C32H42Cl3N3O2/c1-2-27(36-13-3-4-14-36)22-40-31-21-26(34)9-10-28(31)23-11-17-38(18-12-23)32(39)30(37-15-5-6-16-37)19-24-7-8-25(33)20-29(24)35/h7-10,20-21,23,27,30H,2-6,11-19,22H2,1H3/t27-,30-/m1/s1. The maximum absolute atomic E-state index is 13.9. The third kappa shape index (κ3) is 7.28. The number of piperidine rings is 1. The van der Waals surface area contributed by atoms with Gasteiger partial charge in [0, 0.05) is 34.2 Å². The minimum atomic E-state index is -0.191. The molecule has 0 unspecified atom stereocenters. The molecule has 3 fully saturated rings. The molecule has 0 aromatic heterocycles. The van der Waals surface area contributed by atoms with Crippen LogP contribution in [0.25, 0.3) is 0 Å². The molecule has 3 aliphatic rings. The van der Waals surface area contributed by atoms with Crippen molar-refractivity contribution in [2.45, 2.75) is 76.3 Å². The van der Waals surface area contributed by atoms with Gasteiger partial charge in [-0.25, -0.2) is 0 Å². The number of hydrogen-bond donors (Lipinski definition) is 0. The van der Waals surface area contributed by atoms with Gasteiger partial charge in [0.2, 0.25) is 5.91 Å². The van der Waals surface area contributed by atoms with E-state index in [1.807, 2.05) is 24.3 Å². The minimum Gasteiger partial charge on any atom is -0.492 e. The Kier molecular flexibility index (Phi) is 10.6. The lowest BCUT2D eigenvalue weighted by molar-refractivity contribution is -0.137. The van der Waals surface area contributed by atoms with E-state index in [1.165, 1.54) is 31.5 Å². The normalized spacial score (nSPS) is 20.6. The number of carbonyl (C=O) groups is 1. The number of nitrogens with zero attached hydrogens (tertiary/aromatic N) is 3. The summed E-state index contributed by atoms with van der Waals surface area (Å²) in [6.45, 7) is 8.67. The van der Waals surface area contributed by atoms with Crippen LogP contribution in [0.4, 0.5) is 0 Å². The van der Waals surface area contributed by atoms with E-state index >= 15 is 0 Å². The Morgan fingerprint density at radius 1 is 0.875 bits per heavy atom. The molecular weight excluding hydrogens is 565 g/mol. The lowest BCUT2D eigenvalue weighted by atomic mass is 9.88. The predicted molar refractivity (Wildman–Crippen MR) is 165 cm³/mol. The zero-order valence-electron chi connectivity index (χ0n) is 23.6.